The maximum absolute atomic E-state index is 13.4. The minimum absolute atomic E-state index is 0.303. The molecular weight excluding hydrogens is 432 g/mol. The molecule has 0 spiro atoms. The molecule has 0 aromatic heterocycles. The zero-order valence-corrected chi connectivity index (χ0v) is 19.0. The van der Waals surface area contributed by atoms with Crippen molar-refractivity contribution in [2.75, 3.05) is 10.6 Å². The molecule has 0 saturated heterocycles. The molecule has 0 saturated carbocycles. The lowest BCUT2D eigenvalue weighted by Gasteiger charge is -2.31. The van der Waals surface area contributed by atoms with E-state index in [1.165, 1.54) is 0 Å². The number of halogens is 1. The Labute approximate surface area is 188 Å². The molecule has 3 aromatic rings. The summed E-state index contributed by atoms with van der Waals surface area (Å²) in [6.07, 6.45) is 1.40. The summed E-state index contributed by atoms with van der Waals surface area (Å²) in [6, 6.07) is 24.3. The van der Waals surface area contributed by atoms with Crippen molar-refractivity contribution in [3.05, 3.63) is 101 Å². The van der Waals surface area contributed by atoms with Crippen molar-refractivity contribution < 1.29 is 13.2 Å². The summed E-state index contributed by atoms with van der Waals surface area (Å²) < 4.78 is 26.5. The molecule has 0 aliphatic rings. The Balaban J connectivity index is 1.97. The summed E-state index contributed by atoms with van der Waals surface area (Å²) in [6.45, 7) is 1.79. The second-order valence-electron chi connectivity index (χ2n) is 7.22. The van der Waals surface area contributed by atoms with Crippen LogP contribution in [0, 0.1) is 0 Å². The molecule has 5 nitrogen and oxygen atoms in total. The van der Waals surface area contributed by atoms with Gasteiger partial charge in [-0.25, -0.2) is 8.42 Å². The normalized spacial score (nSPS) is 12.4. The third-order valence-corrected chi connectivity index (χ3v) is 6.40. The van der Waals surface area contributed by atoms with Crippen LogP contribution in [0.15, 0.2) is 84.9 Å². The van der Waals surface area contributed by atoms with Crippen molar-refractivity contribution in [1.29, 1.82) is 0 Å². The highest BCUT2D eigenvalue weighted by atomic mass is 35.5. The zero-order chi connectivity index (χ0) is 22.4. The van der Waals surface area contributed by atoms with Gasteiger partial charge in [-0.05, 0) is 41.8 Å². The third kappa shape index (κ3) is 5.66. The van der Waals surface area contributed by atoms with E-state index in [-0.39, 0.29) is 5.91 Å². The maximum atomic E-state index is 13.4. The van der Waals surface area contributed by atoms with Crippen LogP contribution in [0.2, 0.25) is 5.02 Å². The topological polar surface area (TPSA) is 66.5 Å². The smallest absolute Gasteiger partial charge is 0.244 e. The lowest BCUT2D eigenvalue weighted by molar-refractivity contribution is -0.122. The van der Waals surface area contributed by atoms with Crippen LogP contribution < -0.4 is 9.62 Å². The fourth-order valence-electron chi connectivity index (χ4n) is 3.54. The molecule has 162 valence electrons. The Morgan fingerprint density at radius 1 is 0.903 bits per heavy atom. The quantitative estimate of drug-likeness (QED) is 0.530. The molecule has 0 fully saturated rings. The summed E-state index contributed by atoms with van der Waals surface area (Å²) in [7, 11) is -3.72. The van der Waals surface area contributed by atoms with Gasteiger partial charge in [-0.1, -0.05) is 79.2 Å². The molecule has 0 unspecified atom stereocenters. The van der Waals surface area contributed by atoms with Gasteiger partial charge in [-0.15, -0.1) is 0 Å². The molecule has 0 aliphatic heterocycles. The van der Waals surface area contributed by atoms with Gasteiger partial charge < -0.3 is 5.32 Å². The van der Waals surface area contributed by atoms with Crippen LogP contribution in [0.5, 0.6) is 0 Å². The van der Waals surface area contributed by atoms with Crippen LogP contribution in [-0.2, 0) is 14.8 Å². The number of hydrogen-bond donors (Lipinski definition) is 1. The lowest BCUT2D eigenvalue weighted by Crippen LogP contribution is -2.50. The van der Waals surface area contributed by atoms with Gasteiger partial charge in [0.05, 0.1) is 18.0 Å². The Bertz CT molecular complexity index is 1070. The number of amides is 1. The van der Waals surface area contributed by atoms with E-state index in [1.807, 2.05) is 60.7 Å². The molecule has 0 radical (unpaired) electrons. The van der Waals surface area contributed by atoms with E-state index in [0.29, 0.717) is 17.1 Å². The summed E-state index contributed by atoms with van der Waals surface area (Å²) >= 11 is 5.96. The van der Waals surface area contributed by atoms with Crippen molar-refractivity contribution in [3.8, 4) is 0 Å². The molecule has 1 atom stereocenters. The summed E-state index contributed by atoms with van der Waals surface area (Å²) in [5, 5.41) is 3.55. The standard InChI is InChI=1S/C24H25ClN2O3S/c1-3-22(27(31(2,29)30)21-16-14-20(25)15-17-21)24(28)26-23(18-10-6-4-7-11-18)19-12-8-5-9-13-19/h4-17,22-23H,3H2,1-2H3,(H,26,28)/t22-/m1/s1. The Hall–Kier alpha value is -2.83. The van der Waals surface area contributed by atoms with Crippen molar-refractivity contribution in [1.82, 2.24) is 5.32 Å². The van der Waals surface area contributed by atoms with E-state index in [2.05, 4.69) is 5.32 Å². The minimum atomic E-state index is -3.72. The third-order valence-electron chi connectivity index (χ3n) is 4.96. The van der Waals surface area contributed by atoms with Crippen molar-refractivity contribution >= 4 is 33.2 Å². The van der Waals surface area contributed by atoms with E-state index in [0.717, 1.165) is 21.7 Å². The zero-order valence-electron chi connectivity index (χ0n) is 17.4. The first-order valence-electron chi connectivity index (χ1n) is 9.96. The first-order chi connectivity index (χ1) is 14.8. The van der Waals surface area contributed by atoms with E-state index >= 15 is 0 Å². The molecule has 1 N–H and O–H groups in total. The van der Waals surface area contributed by atoms with Crippen LogP contribution in [0.25, 0.3) is 0 Å². The molecule has 31 heavy (non-hydrogen) atoms. The Kier molecular flexibility index (Phi) is 7.36. The lowest BCUT2D eigenvalue weighted by atomic mass is 9.98. The van der Waals surface area contributed by atoms with Crippen LogP contribution in [-0.4, -0.2) is 26.6 Å². The van der Waals surface area contributed by atoms with Gasteiger partial charge in [0.15, 0.2) is 0 Å². The fourth-order valence-corrected chi connectivity index (χ4v) is 4.87. The number of nitrogens with zero attached hydrogens (tertiary/aromatic N) is 1. The van der Waals surface area contributed by atoms with Crippen molar-refractivity contribution in [2.45, 2.75) is 25.4 Å². The SMILES string of the molecule is CC[C@H](C(=O)NC(c1ccccc1)c1ccccc1)N(c1ccc(Cl)cc1)S(C)(=O)=O. The second-order valence-corrected chi connectivity index (χ2v) is 9.52. The largest absolute Gasteiger partial charge is 0.343 e. The van der Waals surface area contributed by atoms with Crippen LogP contribution >= 0.6 is 11.6 Å². The molecule has 3 rings (SSSR count). The predicted molar refractivity (Wildman–Crippen MR) is 126 cm³/mol. The number of carbonyl (C=O) groups is 1. The van der Waals surface area contributed by atoms with Crippen molar-refractivity contribution in [3.63, 3.8) is 0 Å². The number of sulfonamides is 1. The highest BCUT2D eigenvalue weighted by molar-refractivity contribution is 7.92. The van der Waals surface area contributed by atoms with Crippen LogP contribution in [0.4, 0.5) is 5.69 Å². The van der Waals surface area contributed by atoms with E-state index < -0.39 is 22.1 Å². The summed E-state index contributed by atoms with van der Waals surface area (Å²) in [5.74, 6) is -0.374. The molecular formula is C24H25ClN2O3S. The Morgan fingerprint density at radius 2 is 1.39 bits per heavy atom. The number of anilines is 1. The summed E-state index contributed by atoms with van der Waals surface area (Å²) in [4.78, 5) is 13.4. The maximum Gasteiger partial charge on any atom is 0.244 e. The average Bonchev–Trinajstić information content (AvgIpc) is 2.77. The monoisotopic (exact) mass is 456 g/mol. The van der Waals surface area contributed by atoms with Gasteiger partial charge in [-0.2, -0.15) is 0 Å². The molecule has 0 bridgehead atoms. The molecule has 3 aromatic carbocycles. The molecule has 7 heteroatoms. The summed E-state index contributed by atoms with van der Waals surface area (Å²) in [5.41, 5.74) is 2.22. The highest BCUT2D eigenvalue weighted by Gasteiger charge is 2.33. The fraction of sp³-hybridized carbons (Fsp3) is 0.208. The molecule has 0 heterocycles. The van der Waals surface area contributed by atoms with Crippen LogP contribution in [0.1, 0.15) is 30.5 Å². The molecule has 1 amide bonds. The average molecular weight is 457 g/mol. The van der Waals surface area contributed by atoms with Gasteiger partial charge in [0.25, 0.3) is 0 Å². The minimum Gasteiger partial charge on any atom is -0.343 e. The number of hydrogen-bond acceptors (Lipinski definition) is 3. The van der Waals surface area contributed by atoms with Gasteiger partial charge >= 0.3 is 0 Å². The highest BCUT2D eigenvalue weighted by Crippen LogP contribution is 2.26. The van der Waals surface area contributed by atoms with Crippen LogP contribution in [0.3, 0.4) is 0 Å². The second kappa shape index (κ2) is 9.98. The van der Waals surface area contributed by atoms with Gasteiger partial charge in [0.1, 0.15) is 6.04 Å². The number of carbonyl (C=O) groups excluding carboxylic acids is 1. The number of rotatable bonds is 8. The van der Waals surface area contributed by atoms with E-state index in [1.54, 1.807) is 31.2 Å². The van der Waals surface area contributed by atoms with Gasteiger partial charge in [0, 0.05) is 5.02 Å². The Morgan fingerprint density at radius 3 is 1.81 bits per heavy atom. The number of nitrogens with one attached hydrogen (secondary N) is 1. The molecule has 0 aliphatic carbocycles. The first kappa shape index (κ1) is 22.8. The van der Waals surface area contributed by atoms with Gasteiger partial charge in [-0.3, -0.25) is 9.10 Å². The predicted octanol–water partition coefficient (Wildman–Crippen LogP) is 4.79. The van der Waals surface area contributed by atoms with Gasteiger partial charge in [0.2, 0.25) is 15.9 Å². The number of benzene rings is 3. The van der Waals surface area contributed by atoms with E-state index in [4.69, 9.17) is 11.6 Å². The van der Waals surface area contributed by atoms with E-state index in [9.17, 15) is 13.2 Å². The first-order valence-corrected chi connectivity index (χ1v) is 12.2. The van der Waals surface area contributed by atoms with Crippen molar-refractivity contribution in [2.24, 2.45) is 0 Å².